The van der Waals surface area contributed by atoms with E-state index in [2.05, 4.69) is 4.99 Å². The van der Waals surface area contributed by atoms with Crippen molar-refractivity contribution in [2.24, 2.45) is 4.99 Å². The van der Waals surface area contributed by atoms with E-state index < -0.39 is 0 Å². The van der Waals surface area contributed by atoms with E-state index in [4.69, 9.17) is 4.74 Å². The van der Waals surface area contributed by atoms with Crippen molar-refractivity contribution in [2.75, 3.05) is 41.8 Å². The van der Waals surface area contributed by atoms with E-state index >= 15 is 0 Å². The highest BCUT2D eigenvalue weighted by atomic mass is 16.5. The van der Waals surface area contributed by atoms with Crippen LogP contribution >= 0.6 is 0 Å². The van der Waals surface area contributed by atoms with Crippen LogP contribution in [0.1, 0.15) is 15.9 Å². The summed E-state index contributed by atoms with van der Waals surface area (Å²) < 4.78 is 4.72. The third-order valence-electron chi connectivity index (χ3n) is 2.80. The Morgan fingerprint density at radius 3 is 2.40 bits per heavy atom. The quantitative estimate of drug-likeness (QED) is 0.475. The minimum absolute atomic E-state index is 0.308. The molecule has 0 unspecified atom stereocenters. The Balaban J connectivity index is 2.70. The summed E-state index contributed by atoms with van der Waals surface area (Å²) >= 11 is 0. The number of methoxy groups -OCH3 is 1. The van der Waals surface area contributed by atoms with Crippen molar-refractivity contribution in [1.29, 1.82) is 0 Å². The molecule has 1 rings (SSSR count). The number of benzene rings is 1. The molecule has 0 N–H and O–H groups in total. The van der Waals surface area contributed by atoms with Gasteiger partial charge in [-0.15, -0.1) is 0 Å². The van der Waals surface area contributed by atoms with Gasteiger partial charge >= 0.3 is 5.97 Å². The van der Waals surface area contributed by atoms with Crippen molar-refractivity contribution < 1.29 is 9.53 Å². The first-order valence-electron chi connectivity index (χ1n) is 6.52. The molecule has 0 aliphatic rings. The second-order valence-electron chi connectivity index (χ2n) is 4.91. The summed E-state index contributed by atoms with van der Waals surface area (Å²) in [4.78, 5) is 20.0. The molecule has 5 nitrogen and oxygen atoms in total. The van der Waals surface area contributed by atoms with Crippen LogP contribution in [0.15, 0.2) is 29.3 Å². The maximum absolute atomic E-state index is 11.5. The average molecular weight is 277 g/mol. The minimum Gasteiger partial charge on any atom is -0.465 e. The third-order valence-corrected chi connectivity index (χ3v) is 2.80. The van der Waals surface area contributed by atoms with Gasteiger partial charge in [0.25, 0.3) is 0 Å². The van der Waals surface area contributed by atoms with E-state index in [-0.39, 0.29) is 5.97 Å². The highest BCUT2D eigenvalue weighted by Crippen LogP contribution is 2.07. The molecular formula is C15H23N3O2. The Kier molecular flexibility index (Phi) is 6.03. The number of carbonyl (C=O) groups is 1. The predicted molar refractivity (Wildman–Crippen MR) is 81.2 cm³/mol. The Morgan fingerprint density at radius 2 is 1.85 bits per heavy atom. The monoisotopic (exact) mass is 277 g/mol. The van der Waals surface area contributed by atoms with Gasteiger partial charge in [0.05, 0.1) is 12.7 Å². The number of esters is 1. The van der Waals surface area contributed by atoms with Crippen molar-refractivity contribution in [3.63, 3.8) is 0 Å². The summed E-state index contributed by atoms with van der Waals surface area (Å²) in [7, 11) is 9.26. The molecule has 0 amide bonds. The fourth-order valence-corrected chi connectivity index (χ4v) is 1.94. The largest absolute Gasteiger partial charge is 0.465 e. The summed E-state index contributed by atoms with van der Waals surface area (Å²) in [5.41, 5.74) is 1.66. The zero-order chi connectivity index (χ0) is 15.1. The smallest absolute Gasteiger partial charge is 0.337 e. The van der Waals surface area contributed by atoms with Crippen LogP contribution in [0.2, 0.25) is 0 Å². The van der Waals surface area contributed by atoms with E-state index in [0.29, 0.717) is 12.1 Å². The van der Waals surface area contributed by atoms with Crippen LogP contribution < -0.4 is 0 Å². The summed E-state index contributed by atoms with van der Waals surface area (Å²) in [6.07, 6.45) is 0.788. The maximum Gasteiger partial charge on any atom is 0.337 e. The number of aliphatic imine (C=N–C) groups is 1. The van der Waals surface area contributed by atoms with Gasteiger partial charge in [-0.05, 0) is 24.1 Å². The van der Waals surface area contributed by atoms with Gasteiger partial charge in [0.2, 0.25) is 0 Å². The van der Waals surface area contributed by atoms with E-state index in [0.717, 1.165) is 17.9 Å². The van der Waals surface area contributed by atoms with E-state index in [1.165, 1.54) is 7.11 Å². The molecule has 0 aliphatic heterocycles. The first-order valence-corrected chi connectivity index (χ1v) is 6.52. The Morgan fingerprint density at radius 1 is 1.20 bits per heavy atom. The number of guanidine groups is 1. The molecule has 0 atom stereocenters. The Labute approximate surface area is 120 Å². The molecule has 0 heterocycles. The molecule has 110 valence electrons. The predicted octanol–water partition coefficient (Wildman–Crippen LogP) is 1.49. The fourth-order valence-electron chi connectivity index (χ4n) is 1.94. The van der Waals surface area contributed by atoms with Gasteiger partial charge in [-0.1, -0.05) is 12.1 Å². The van der Waals surface area contributed by atoms with Crippen molar-refractivity contribution in [1.82, 2.24) is 9.80 Å². The molecule has 1 aromatic carbocycles. The second kappa shape index (κ2) is 7.53. The molecule has 0 saturated heterocycles. The summed E-state index contributed by atoms with van der Waals surface area (Å²) in [6.45, 7) is 0.677. The Hall–Kier alpha value is -2.04. The molecule has 0 spiro atoms. The lowest BCUT2D eigenvalue weighted by Crippen LogP contribution is -2.35. The minimum atomic E-state index is -0.308. The van der Waals surface area contributed by atoms with Crippen LogP contribution in [0.4, 0.5) is 0 Å². The number of rotatable bonds is 4. The number of ether oxygens (including phenoxy) is 1. The molecule has 1 aromatic rings. The molecule has 5 heteroatoms. The molecule has 0 aromatic heterocycles. The van der Waals surface area contributed by atoms with Crippen LogP contribution in [0.25, 0.3) is 0 Å². The first-order chi connectivity index (χ1) is 9.45. The SMILES string of the molecule is COC(=O)c1cccc(CCN=C(N(C)C)N(C)C)c1. The van der Waals surface area contributed by atoms with Crippen molar-refractivity contribution in [3.05, 3.63) is 35.4 Å². The number of nitrogens with zero attached hydrogens (tertiary/aromatic N) is 3. The van der Waals surface area contributed by atoms with Gasteiger partial charge in [0.1, 0.15) is 0 Å². The number of carbonyl (C=O) groups excluding carboxylic acids is 1. The van der Waals surface area contributed by atoms with Crippen LogP contribution in [-0.2, 0) is 11.2 Å². The highest BCUT2D eigenvalue weighted by molar-refractivity contribution is 5.89. The molecule has 0 aliphatic carbocycles. The standard InChI is InChI=1S/C15H23N3O2/c1-17(2)15(18(3)4)16-10-9-12-7-6-8-13(11-12)14(19)20-5/h6-8,11H,9-10H2,1-5H3. The van der Waals surface area contributed by atoms with Gasteiger partial charge in [-0.3, -0.25) is 4.99 Å². The lowest BCUT2D eigenvalue weighted by molar-refractivity contribution is 0.0600. The first kappa shape index (κ1) is 16.0. The maximum atomic E-state index is 11.5. The Bertz CT molecular complexity index is 472. The second-order valence-corrected chi connectivity index (χ2v) is 4.91. The van der Waals surface area contributed by atoms with Gasteiger partial charge in [-0.2, -0.15) is 0 Å². The van der Waals surface area contributed by atoms with Crippen LogP contribution in [0.5, 0.6) is 0 Å². The molecular weight excluding hydrogens is 254 g/mol. The van der Waals surface area contributed by atoms with E-state index in [9.17, 15) is 4.79 Å². The third kappa shape index (κ3) is 4.57. The molecule has 0 fully saturated rings. The van der Waals surface area contributed by atoms with Crippen LogP contribution in [-0.4, -0.2) is 63.6 Å². The van der Waals surface area contributed by atoms with E-state index in [1.54, 1.807) is 6.07 Å². The van der Waals surface area contributed by atoms with Crippen molar-refractivity contribution >= 4 is 11.9 Å². The zero-order valence-corrected chi connectivity index (χ0v) is 12.9. The number of hydrogen-bond acceptors (Lipinski definition) is 3. The molecule has 0 bridgehead atoms. The van der Waals surface area contributed by atoms with Gasteiger partial charge < -0.3 is 14.5 Å². The van der Waals surface area contributed by atoms with E-state index in [1.807, 2.05) is 56.2 Å². The summed E-state index contributed by atoms with van der Waals surface area (Å²) in [5, 5.41) is 0. The normalized spacial score (nSPS) is 9.85. The topological polar surface area (TPSA) is 45.1 Å². The summed E-state index contributed by atoms with van der Waals surface area (Å²) in [5.74, 6) is 0.617. The van der Waals surface area contributed by atoms with Gasteiger partial charge in [0.15, 0.2) is 5.96 Å². The molecule has 20 heavy (non-hydrogen) atoms. The zero-order valence-electron chi connectivity index (χ0n) is 12.9. The van der Waals surface area contributed by atoms with Gasteiger partial charge in [0, 0.05) is 34.7 Å². The lowest BCUT2D eigenvalue weighted by Gasteiger charge is -2.22. The highest BCUT2D eigenvalue weighted by Gasteiger charge is 2.06. The summed E-state index contributed by atoms with van der Waals surface area (Å²) in [6, 6.07) is 7.47. The van der Waals surface area contributed by atoms with Crippen LogP contribution in [0, 0.1) is 0 Å². The van der Waals surface area contributed by atoms with Crippen LogP contribution in [0.3, 0.4) is 0 Å². The lowest BCUT2D eigenvalue weighted by atomic mass is 10.1. The molecule has 0 saturated carbocycles. The van der Waals surface area contributed by atoms with Crippen molar-refractivity contribution in [3.8, 4) is 0 Å². The van der Waals surface area contributed by atoms with Crippen molar-refractivity contribution in [2.45, 2.75) is 6.42 Å². The molecule has 0 radical (unpaired) electrons. The fraction of sp³-hybridized carbons (Fsp3) is 0.467. The number of hydrogen-bond donors (Lipinski definition) is 0. The average Bonchev–Trinajstić information content (AvgIpc) is 2.42. The van der Waals surface area contributed by atoms with Gasteiger partial charge in [-0.25, -0.2) is 4.79 Å².